The second-order valence-electron chi connectivity index (χ2n) is 5.73. The highest BCUT2D eigenvalue weighted by Crippen LogP contribution is 2.29. The first-order valence-corrected chi connectivity index (χ1v) is 8.46. The third kappa shape index (κ3) is 3.73. The first-order chi connectivity index (χ1) is 10.7. The van der Waals surface area contributed by atoms with E-state index in [-0.39, 0.29) is 5.92 Å². The minimum Gasteiger partial charge on any atom is -0.492 e. The van der Waals surface area contributed by atoms with Gasteiger partial charge in [0.1, 0.15) is 5.75 Å². The van der Waals surface area contributed by atoms with Crippen LogP contribution in [-0.2, 0) is 4.79 Å². The summed E-state index contributed by atoms with van der Waals surface area (Å²) in [6, 6.07) is 8.16. The molecule has 0 spiro atoms. The molecule has 0 bridgehead atoms. The van der Waals surface area contributed by atoms with Crippen molar-refractivity contribution < 1.29 is 9.53 Å². The summed E-state index contributed by atoms with van der Waals surface area (Å²) in [5.74, 6) is 1.44. The lowest BCUT2D eigenvalue weighted by molar-refractivity contribution is -0.136. The number of hydrogen-bond acceptors (Lipinski definition) is 3. The zero-order valence-electron chi connectivity index (χ0n) is 14.0. The van der Waals surface area contributed by atoms with Crippen LogP contribution in [0.5, 0.6) is 5.75 Å². The maximum atomic E-state index is 12.5. The van der Waals surface area contributed by atoms with Crippen molar-refractivity contribution in [3.63, 3.8) is 0 Å². The number of carbonyl (C=O) groups is 1. The first kappa shape index (κ1) is 16.7. The Hall–Kier alpha value is -1.71. The monoisotopic (exact) mass is 304 g/mol. The molecule has 0 unspecified atom stereocenters. The van der Waals surface area contributed by atoms with Crippen LogP contribution < -0.4 is 9.64 Å². The highest BCUT2D eigenvalue weighted by Gasteiger charge is 2.26. The highest BCUT2D eigenvalue weighted by atomic mass is 16.5. The Morgan fingerprint density at radius 3 is 2.32 bits per heavy atom. The van der Waals surface area contributed by atoms with Crippen LogP contribution in [0.3, 0.4) is 0 Å². The number of carbonyl (C=O) groups excluding carboxylic acids is 1. The molecular formula is C18H28N2O2. The number of hydrogen-bond donors (Lipinski definition) is 0. The Labute approximate surface area is 134 Å². The van der Waals surface area contributed by atoms with Crippen molar-refractivity contribution >= 4 is 11.6 Å². The highest BCUT2D eigenvalue weighted by molar-refractivity contribution is 5.79. The average Bonchev–Trinajstić information content (AvgIpc) is 2.57. The van der Waals surface area contributed by atoms with Gasteiger partial charge in [-0.05, 0) is 31.9 Å². The summed E-state index contributed by atoms with van der Waals surface area (Å²) in [5.41, 5.74) is 1.14. The van der Waals surface area contributed by atoms with Gasteiger partial charge in [0.2, 0.25) is 5.91 Å². The molecule has 0 N–H and O–H groups in total. The van der Waals surface area contributed by atoms with Crippen LogP contribution in [-0.4, -0.2) is 43.6 Å². The summed E-state index contributed by atoms with van der Waals surface area (Å²) in [6.45, 7) is 10.2. The summed E-state index contributed by atoms with van der Waals surface area (Å²) >= 11 is 0. The molecule has 1 aliphatic heterocycles. The Morgan fingerprint density at radius 2 is 1.73 bits per heavy atom. The molecule has 0 aromatic heterocycles. The van der Waals surface area contributed by atoms with Gasteiger partial charge in [0, 0.05) is 32.1 Å². The van der Waals surface area contributed by atoms with Gasteiger partial charge in [0.05, 0.1) is 12.3 Å². The molecule has 1 aromatic carbocycles. The van der Waals surface area contributed by atoms with Crippen molar-refractivity contribution in [1.29, 1.82) is 0 Å². The van der Waals surface area contributed by atoms with Crippen molar-refractivity contribution in [1.82, 2.24) is 4.90 Å². The third-order valence-electron chi connectivity index (χ3n) is 4.43. The van der Waals surface area contributed by atoms with Gasteiger partial charge in [0.25, 0.3) is 0 Å². The van der Waals surface area contributed by atoms with Crippen LogP contribution in [0.2, 0.25) is 0 Å². The van der Waals surface area contributed by atoms with Gasteiger partial charge in [-0.2, -0.15) is 0 Å². The molecular weight excluding hydrogens is 276 g/mol. The molecule has 0 radical (unpaired) electrons. The smallest absolute Gasteiger partial charge is 0.225 e. The topological polar surface area (TPSA) is 32.8 Å². The Bertz CT molecular complexity index is 478. The van der Waals surface area contributed by atoms with Gasteiger partial charge in [-0.15, -0.1) is 0 Å². The Kier molecular flexibility index (Phi) is 6.10. The Morgan fingerprint density at radius 1 is 1.09 bits per heavy atom. The molecule has 2 rings (SSSR count). The summed E-state index contributed by atoms with van der Waals surface area (Å²) in [5, 5.41) is 0. The molecule has 0 aliphatic carbocycles. The lowest BCUT2D eigenvalue weighted by Gasteiger charge is -2.38. The van der Waals surface area contributed by atoms with E-state index in [0.717, 1.165) is 50.5 Å². The minimum atomic E-state index is 0.183. The summed E-state index contributed by atoms with van der Waals surface area (Å²) < 4.78 is 5.72. The summed E-state index contributed by atoms with van der Waals surface area (Å²) in [4.78, 5) is 16.8. The van der Waals surface area contributed by atoms with E-state index in [1.165, 1.54) is 0 Å². The maximum Gasteiger partial charge on any atom is 0.225 e. The number of rotatable bonds is 6. The number of piperazine rings is 1. The molecule has 4 nitrogen and oxygen atoms in total. The zero-order valence-corrected chi connectivity index (χ0v) is 14.0. The van der Waals surface area contributed by atoms with Crippen LogP contribution in [0.25, 0.3) is 0 Å². The fourth-order valence-corrected chi connectivity index (χ4v) is 3.06. The molecule has 1 fully saturated rings. The summed E-state index contributed by atoms with van der Waals surface area (Å²) in [7, 11) is 0. The van der Waals surface area contributed by atoms with Gasteiger partial charge in [0.15, 0.2) is 0 Å². The van der Waals surface area contributed by atoms with Crippen LogP contribution in [0.15, 0.2) is 24.3 Å². The van der Waals surface area contributed by atoms with E-state index in [2.05, 4.69) is 24.8 Å². The molecule has 1 aromatic rings. The van der Waals surface area contributed by atoms with E-state index in [1.54, 1.807) is 0 Å². The number of amides is 1. The largest absolute Gasteiger partial charge is 0.492 e. The van der Waals surface area contributed by atoms with Crippen LogP contribution >= 0.6 is 0 Å². The normalized spacial score (nSPS) is 15.3. The van der Waals surface area contributed by atoms with Crippen LogP contribution in [0.1, 0.15) is 33.6 Å². The molecule has 122 valence electrons. The lowest BCUT2D eigenvalue weighted by Crippen LogP contribution is -2.50. The van der Waals surface area contributed by atoms with E-state index in [9.17, 15) is 4.79 Å². The fourth-order valence-electron chi connectivity index (χ4n) is 3.06. The molecule has 1 heterocycles. The first-order valence-electron chi connectivity index (χ1n) is 8.46. The number of ether oxygens (including phenoxy) is 1. The maximum absolute atomic E-state index is 12.5. The van der Waals surface area contributed by atoms with E-state index >= 15 is 0 Å². The van der Waals surface area contributed by atoms with Crippen molar-refractivity contribution in [3.05, 3.63) is 24.3 Å². The second kappa shape index (κ2) is 8.06. The minimum absolute atomic E-state index is 0.183. The summed E-state index contributed by atoms with van der Waals surface area (Å²) in [6.07, 6.45) is 1.87. The second-order valence-corrected chi connectivity index (χ2v) is 5.73. The zero-order chi connectivity index (χ0) is 15.9. The van der Waals surface area contributed by atoms with Crippen molar-refractivity contribution in [2.45, 2.75) is 33.6 Å². The number of para-hydroxylation sites is 2. The molecule has 0 atom stereocenters. The predicted octanol–water partition coefficient (Wildman–Crippen LogP) is 3.17. The van der Waals surface area contributed by atoms with Gasteiger partial charge in [-0.1, -0.05) is 26.0 Å². The standard InChI is InChI=1S/C18H28N2O2/c1-4-15(5-2)18(21)20-13-11-19(12-14-20)16-9-7-8-10-17(16)22-6-3/h7-10,15H,4-6,11-14H2,1-3H3. The molecule has 4 heteroatoms. The van der Waals surface area contributed by atoms with Gasteiger partial charge in [-0.3, -0.25) is 4.79 Å². The van der Waals surface area contributed by atoms with E-state index < -0.39 is 0 Å². The third-order valence-corrected chi connectivity index (χ3v) is 4.43. The average molecular weight is 304 g/mol. The Balaban J connectivity index is 1.99. The van der Waals surface area contributed by atoms with E-state index in [4.69, 9.17) is 4.74 Å². The molecule has 1 aliphatic rings. The van der Waals surface area contributed by atoms with Crippen LogP contribution in [0.4, 0.5) is 5.69 Å². The van der Waals surface area contributed by atoms with E-state index in [0.29, 0.717) is 12.5 Å². The molecule has 22 heavy (non-hydrogen) atoms. The quantitative estimate of drug-likeness (QED) is 0.809. The fraction of sp³-hybridized carbons (Fsp3) is 0.611. The van der Waals surface area contributed by atoms with Crippen molar-refractivity contribution in [3.8, 4) is 5.75 Å². The molecule has 1 amide bonds. The van der Waals surface area contributed by atoms with Crippen LogP contribution in [0, 0.1) is 5.92 Å². The number of nitrogens with zero attached hydrogens (tertiary/aromatic N) is 2. The van der Waals surface area contributed by atoms with Gasteiger partial charge >= 0.3 is 0 Å². The molecule has 0 saturated carbocycles. The number of benzene rings is 1. The van der Waals surface area contributed by atoms with Crippen molar-refractivity contribution in [2.75, 3.05) is 37.7 Å². The predicted molar refractivity (Wildman–Crippen MR) is 90.5 cm³/mol. The molecule has 1 saturated heterocycles. The van der Waals surface area contributed by atoms with Crippen molar-refractivity contribution in [2.24, 2.45) is 5.92 Å². The number of anilines is 1. The lowest BCUT2D eigenvalue weighted by atomic mass is 10.0. The van der Waals surface area contributed by atoms with Gasteiger partial charge < -0.3 is 14.5 Å². The SMILES string of the molecule is CCOc1ccccc1N1CCN(C(=O)C(CC)CC)CC1. The van der Waals surface area contributed by atoms with Gasteiger partial charge in [-0.25, -0.2) is 0 Å². The van der Waals surface area contributed by atoms with E-state index in [1.807, 2.05) is 30.0 Å².